The predicted octanol–water partition coefficient (Wildman–Crippen LogP) is 2.99. The van der Waals surface area contributed by atoms with Crippen molar-refractivity contribution in [3.05, 3.63) is 65.1 Å². The standard InChI is InChI=1S/C23H26N4O4S/c1-26(17-9-3-2-4-10-17)32(30,31)21-14-8-6-12-19(21)25-22(28)16-27-20-13-7-5-11-18(20)24-15-23(27)29/h5-8,11-15,17H,2-4,9-10,16H2,1H3,(H,25,28). The largest absolute Gasteiger partial charge is 0.323 e. The second-order valence-electron chi connectivity index (χ2n) is 8.03. The highest BCUT2D eigenvalue weighted by Crippen LogP contribution is 2.29. The average molecular weight is 455 g/mol. The van der Waals surface area contributed by atoms with E-state index in [-0.39, 0.29) is 23.2 Å². The summed E-state index contributed by atoms with van der Waals surface area (Å²) < 4.78 is 29.4. The molecule has 1 aromatic heterocycles. The highest BCUT2D eigenvalue weighted by Gasteiger charge is 2.31. The number of sulfonamides is 1. The van der Waals surface area contributed by atoms with Gasteiger partial charge in [0.1, 0.15) is 11.4 Å². The summed E-state index contributed by atoms with van der Waals surface area (Å²) in [6.45, 7) is -0.255. The van der Waals surface area contributed by atoms with Crippen LogP contribution < -0.4 is 10.9 Å². The van der Waals surface area contributed by atoms with Gasteiger partial charge in [-0.1, -0.05) is 43.5 Å². The van der Waals surface area contributed by atoms with Crippen LogP contribution in [0.25, 0.3) is 11.0 Å². The molecule has 0 atom stereocenters. The Hall–Kier alpha value is -3.04. The number of para-hydroxylation sites is 3. The van der Waals surface area contributed by atoms with Crippen LogP contribution >= 0.6 is 0 Å². The van der Waals surface area contributed by atoms with Crippen molar-refractivity contribution in [1.29, 1.82) is 0 Å². The van der Waals surface area contributed by atoms with E-state index in [1.165, 1.54) is 21.1 Å². The van der Waals surface area contributed by atoms with Gasteiger partial charge in [0.15, 0.2) is 0 Å². The fourth-order valence-corrected chi connectivity index (χ4v) is 5.76. The van der Waals surface area contributed by atoms with Gasteiger partial charge in [0.05, 0.1) is 22.9 Å². The van der Waals surface area contributed by atoms with Crippen molar-refractivity contribution in [3.63, 3.8) is 0 Å². The summed E-state index contributed by atoms with van der Waals surface area (Å²) in [6, 6.07) is 13.4. The molecular formula is C23H26N4O4S. The number of aromatic nitrogens is 2. The van der Waals surface area contributed by atoms with Crippen LogP contribution in [0.2, 0.25) is 0 Å². The zero-order valence-corrected chi connectivity index (χ0v) is 18.7. The van der Waals surface area contributed by atoms with Gasteiger partial charge in [0, 0.05) is 13.1 Å². The van der Waals surface area contributed by atoms with Gasteiger partial charge in [-0.15, -0.1) is 0 Å². The first-order valence-electron chi connectivity index (χ1n) is 10.7. The quantitative estimate of drug-likeness (QED) is 0.617. The van der Waals surface area contributed by atoms with Crippen molar-refractivity contribution in [3.8, 4) is 0 Å². The van der Waals surface area contributed by atoms with Crippen LogP contribution in [0.1, 0.15) is 32.1 Å². The van der Waals surface area contributed by atoms with Crippen LogP contribution in [-0.2, 0) is 21.4 Å². The highest BCUT2D eigenvalue weighted by molar-refractivity contribution is 7.89. The molecule has 0 saturated heterocycles. The highest BCUT2D eigenvalue weighted by atomic mass is 32.2. The first kappa shape index (κ1) is 22.2. The molecule has 1 N–H and O–H groups in total. The van der Waals surface area contributed by atoms with Gasteiger partial charge >= 0.3 is 0 Å². The summed E-state index contributed by atoms with van der Waals surface area (Å²) in [5.41, 5.74) is 0.924. The van der Waals surface area contributed by atoms with Crippen LogP contribution in [0.15, 0.2) is 64.4 Å². The Morgan fingerprint density at radius 1 is 1.09 bits per heavy atom. The number of benzene rings is 2. The molecule has 4 rings (SSSR count). The molecule has 1 fully saturated rings. The van der Waals surface area contributed by atoms with Gasteiger partial charge in [-0.2, -0.15) is 4.31 Å². The first-order valence-corrected chi connectivity index (χ1v) is 12.1. The first-order chi connectivity index (χ1) is 15.4. The minimum atomic E-state index is -3.79. The van der Waals surface area contributed by atoms with Crippen LogP contribution in [0.4, 0.5) is 5.69 Å². The fourth-order valence-electron chi connectivity index (χ4n) is 4.20. The summed E-state index contributed by atoms with van der Waals surface area (Å²) in [4.78, 5) is 29.3. The summed E-state index contributed by atoms with van der Waals surface area (Å²) in [5.74, 6) is -0.494. The molecule has 9 heteroatoms. The zero-order chi connectivity index (χ0) is 22.7. The molecular weight excluding hydrogens is 428 g/mol. The Bertz CT molecular complexity index is 1300. The second-order valence-corrected chi connectivity index (χ2v) is 9.99. The van der Waals surface area contributed by atoms with E-state index in [2.05, 4.69) is 10.3 Å². The summed E-state index contributed by atoms with van der Waals surface area (Å²) in [6.07, 6.45) is 5.99. The van der Waals surface area contributed by atoms with Crippen LogP contribution in [0, 0.1) is 0 Å². The number of rotatable bonds is 6. The van der Waals surface area contributed by atoms with E-state index in [1.54, 1.807) is 49.5 Å². The Morgan fingerprint density at radius 3 is 2.56 bits per heavy atom. The topological polar surface area (TPSA) is 101 Å². The lowest BCUT2D eigenvalue weighted by molar-refractivity contribution is -0.116. The minimum Gasteiger partial charge on any atom is -0.323 e. The number of anilines is 1. The second kappa shape index (κ2) is 9.22. The molecule has 3 aromatic rings. The number of nitrogens with zero attached hydrogens (tertiary/aromatic N) is 3. The van der Waals surface area contributed by atoms with Gasteiger partial charge in [0.2, 0.25) is 15.9 Å². The minimum absolute atomic E-state index is 0.0423. The van der Waals surface area contributed by atoms with E-state index in [0.29, 0.717) is 11.0 Å². The third kappa shape index (κ3) is 4.44. The molecule has 168 valence electrons. The van der Waals surface area contributed by atoms with Crippen LogP contribution in [0.5, 0.6) is 0 Å². The number of amides is 1. The van der Waals surface area contributed by atoms with Crippen molar-refractivity contribution in [2.24, 2.45) is 0 Å². The van der Waals surface area contributed by atoms with Crippen molar-refractivity contribution in [2.45, 2.75) is 49.6 Å². The summed E-state index contributed by atoms with van der Waals surface area (Å²) in [7, 11) is -2.19. The lowest BCUT2D eigenvalue weighted by Crippen LogP contribution is -2.38. The molecule has 1 aliphatic rings. The Kier molecular flexibility index (Phi) is 6.38. The van der Waals surface area contributed by atoms with Gasteiger partial charge in [-0.25, -0.2) is 13.4 Å². The average Bonchev–Trinajstić information content (AvgIpc) is 2.81. The van der Waals surface area contributed by atoms with Gasteiger partial charge < -0.3 is 5.32 Å². The van der Waals surface area contributed by atoms with Gasteiger partial charge in [-0.3, -0.25) is 14.2 Å². The summed E-state index contributed by atoms with van der Waals surface area (Å²) in [5, 5.41) is 2.69. The molecule has 1 amide bonds. The molecule has 2 aromatic carbocycles. The SMILES string of the molecule is CN(C1CCCCC1)S(=O)(=O)c1ccccc1NC(=O)Cn1c(=O)cnc2ccccc21. The number of hydrogen-bond acceptors (Lipinski definition) is 5. The Morgan fingerprint density at radius 2 is 1.78 bits per heavy atom. The maximum absolute atomic E-state index is 13.3. The van der Waals surface area contributed by atoms with Crippen molar-refractivity contribution < 1.29 is 13.2 Å². The lowest BCUT2D eigenvalue weighted by Gasteiger charge is -2.30. The molecule has 0 aliphatic heterocycles. The normalized spacial score (nSPS) is 15.2. The van der Waals surface area contributed by atoms with Gasteiger partial charge in [0.25, 0.3) is 5.56 Å². The molecule has 1 saturated carbocycles. The molecule has 32 heavy (non-hydrogen) atoms. The van der Waals surface area contributed by atoms with E-state index >= 15 is 0 Å². The molecule has 0 bridgehead atoms. The van der Waals surface area contributed by atoms with E-state index in [0.717, 1.165) is 32.1 Å². The van der Waals surface area contributed by atoms with E-state index in [4.69, 9.17) is 0 Å². The molecule has 1 heterocycles. The molecule has 0 unspecified atom stereocenters. The number of fused-ring (bicyclic) bond motifs is 1. The van der Waals surface area contributed by atoms with Crippen molar-refractivity contribution in [2.75, 3.05) is 12.4 Å². The van der Waals surface area contributed by atoms with Crippen molar-refractivity contribution >= 4 is 32.7 Å². The molecule has 1 aliphatic carbocycles. The third-order valence-corrected chi connectivity index (χ3v) is 7.93. The Labute approximate surface area is 186 Å². The smallest absolute Gasteiger partial charge is 0.269 e. The van der Waals surface area contributed by atoms with Crippen molar-refractivity contribution in [1.82, 2.24) is 13.9 Å². The monoisotopic (exact) mass is 454 g/mol. The Balaban J connectivity index is 1.59. The predicted molar refractivity (Wildman–Crippen MR) is 123 cm³/mol. The maximum Gasteiger partial charge on any atom is 0.269 e. The molecule has 8 nitrogen and oxygen atoms in total. The maximum atomic E-state index is 13.3. The van der Waals surface area contributed by atoms with Crippen LogP contribution in [-0.4, -0.2) is 41.3 Å². The number of carbonyl (C=O) groups excluding carboxylic acids is 1. The number of carbonyl (C=O) groups is 1. The molecule has 0 radical (unpaired) electrons. The van der Waals surface area contributed by atoms with Gasteiger partial charge in [-0.05, 0) is 37.1 Å². The van der Waals surface area contributed by atoms with E-state index < -0.39 is 21.5 Å². The summed E-state index contributed by atoms with van der Waals surface area (Å²) >= 11 is 0. The fraction of sp³-hybridized carbons (Fsp3) is 0.348. The van der Waals surface area contributed by atoms with Crippen LogP contribution in [0.3, 0.4) is 0 Å². The third-order valence-electron chi connectivity index (χ3n) is 5.96. The van der Waals surface area contributed by atoms with E-state index in [1.807, 2.05) is 0 Å². The lowest BCUT2D eigenvalue weighted by atomic mass is 9.96. The number of hydrogen-bond donors (Lipinski definition) is 1. The van der Waals surface area contributed by atoms with E-state index in [9.17, 15) is 18.0 Å². The molecule has 0 spiro atoms. The number of nitrogens with one attached hydrogen (secondary N) is 1. The zero-order valence-electron chi connectivity index (χ0n) is 17.9.